The van der Waals surface area contributed by atoms with Crippen LogP contribution in [0.5, 0.6) is 5.75 Å². The maximum atomic E-state index is 12.3. The first-order valence-corrected chi connectivity index (χ1v) is 9.48. The highest BCUT2D eigenvalue weighted by molar-refractivity contribution is 5.80. The number of carbonyl (C=O) groups is 1. The molecule has 2 rings (SSSR count). The fourth-order valence-electron chi connectivity index (χ4n) is 2.80. The average molecular weight is 398 g/mol. The zero-order valence-electron chi connectivity index (χ0n) is 16.4. The van der Waals surface area contributed by atoms with Gasteiger partial charge in [-0.1, -0.05) is 12.1 Å². The van der Waals surface area contributed by atoms with Crippen LogP contribution < -0.4 is 10.1 Å². The van der Waals surface area contributed by atoms with Crippen LogP contribution in [0.1, 0.15) is 19.4 Å². The van der Waals surface area contributed by atoms with E-state index in [4.69, 9.17) is 9.47 Å². The van der Waals surface area contributed by atoms with Crippen LogP contribution >= 0.6 is 0 Å². The Balaban J connectivity index is 1.95. The number of hydrogen-bond acceptors (Lipinski definition) is 4. The van der Waals surface area contributed by atoms with Gasteiger partial charge in [-0.2, -0.15) is 0 Å². The van der Waals surface area contributed by atoms with Crippen LogP contribution in [0, 0.1) is 0 Å². The van der Waals surface area contributed by atoms with Crippen molar-refractivity contribution in [3.05, 3.63) is 29.8 Å². The molecule has 1 amide bonds. The van der Waals surface area contributed by atoms with Crippen LogP contribution in [0.15, 0.2) is 29.3 Å². The van der Waals surface area contributed by atoms with Crippen molar-refractivity contribution in [2.45, 2.75) is 26.8 Å². The molecule has 0 saturated carbocycles. The van der Waals surface area contributed by atoms with Crippen molar-refractivity contribution in [2.24, 2.45) is 4.99 Å². The predicted molar refractivity (Wildman–Crippen MR) is 103 cm³/mol. The van der Waals surface area contributed by atoms with Gasteiger partial charge in [-0.3, -0.25) is 0 Å². The van der Waals surface area contributed by atoms with Crippen molar-refractivity contribution in [2.75, 3.05) is 45.9 Å². The monoisotopic (exact) mass is 398 g/mol. The second-order valence-electron chi connectivity index (χ2n) is 6.19. The lowest BCUT2D eigenvalue weighted by molar-refractivity contribution is 0.0818. The number of guanidine groups is 1. The number of aliphatic imine (C=N–C) groups is 1. The standard InChI is InChI=1S/C19H28F2N4O3/c1-3-22-18(24-8-10-25(11-9-24)19(26)27-4-2)23-13-15-6-5-7-16(12-15)28-14-17(20)21/h5-7,12,17H,3-4,8-11,13-14H2,1-2H3,(H,22,23). The third-order valence-electron chi connectivity index (χ3n) is 4.13. The summed E-state index contributed by atoms with van der Waals surface area (Å²) >= 11 is 0. The first-order chi connectivity index (χ1) is 13.5. The number of rotatable bonds is 7. The minimum absolute atomic E-state index is 0.287. The molecule has 1 aliphatic rings. The highest BCUT2D eigenvalue weighted by Gasteiger charge is 2.23. The summed E-state index contributed by atoms with van der Waals surface area (Å²) in [7, 11) is 0. The Morgan fingerprint density at radius 3 is 2.57 bits per heavy atom. The van der Waals surface area contributed by atoms with Gasteiger partial charge >= 0.3 is 6.09 Å². The van der Waals surface area contributed by atoms with E-state index in [1.165, 1.54) is 0 Å². The molecule has 9 heteroatoms. The van der Waals surface area contributed by atoms with Crippen molar-refractivity contribution in [1.82, 2.24) is 15.1 Å². The average Bonchev–Trinajstić information content (AvgIpc) is 2.70. The molecule has 1 aromatic carbocycles. The molecule has 1 fully saturated rings. The number of halogens is 2. The van der Waals surface area contributed by atoms with E-state index in [2.05, 4.69) is 15.2 Å². The van der Waals surface area contributed by atoms with Crippen LogP contribution in [0.4, 0.5) is 13.6 Å². The number of piperazine rings is 1. The van der Waals surface area contributed by atoms with Crippen molar-refractivity contribution >= 4 is 12.1 Å². The summed E-state index contributed by atoms with van der Waals surface area (Å²) in [6.07, 6.45) is -2.79. The molecule has 0 atom stereocenters. The van der Waals surface area contributed by atoms with Gasteiger partial charge in [0, 0.05) is 32.7 Å². The van der Waals surface area contributed by atoms with Crippen LogP contribution in [0.25, 0.3) is 0 Å². The zero-order chi connectivity index (χ0) is 20.4. The topological polar surface area (TPSA) is 66.4 Å². The molecule has 156 valence electrons. The summed E-state index contributed by atoms with van der Waals surface area (Å²) < 4.78 is 34.7. The first kappa shape index (κ1) is 21.7. The van der Waals surface area contributed by atoms with Gasteiger partial charge in [0.1, 0.15) is 12.4 Å². The number of ether oxygens (including phenoxy) is 2. The minimum Gasteiger partial charge on any atom is -0.488 e. The fourth-order valence-corrected chi connectivity index (χ4v) is 2.80. The van der Waals surface area contributed by atoms with E-state index >= 15 is 0 Å². The summed E-state index contributed by atoms with van der Waals surface area (Å²) in [6, 6.07) is 7.00. The minimum atomic E-state index is -2.50. The molecule has 0 aliphatic carbocycles. The van der Waals surface area contributed by atoms with Crippen LogP contribution in [0.3, 0.4) is 0 Å². The molecule has 0 bridgehead atoms. The summed E-state index contributed by atoms with van der Waals surface area (Å²) in [6.45, 7) is 7.08. The number of carbonyl (C=O) groups excluding carboxylic acids is 1. The van der Waals surface area contributed by atoms with Gasteiger partial charge < -0.3 is 24.6 Å². The van der Waals surface area contributed by atoms with Gasteiger partial charge in [-0.15, -0.1) is 0 Å². The number of hydrogen-bond donors (Lipinski definition) is 1. The van der Waals surface area contributed by atoms with E-state index < -0.39 is 13.0 Å². The predicted octanol–water partition coefficient (Wildman–Crippen LogP) is 2.57. The lowest BCUT2D eigenvalue weighted by atomic mass is 10.2. The van der Waals surface area contributed by atoms with Crippen LogP contribution in [0.2, 0.25) is 0 Å². The van der Waals surface area contributed by atoms with E-state index in [0.717, 1.165) is 11.5 Å². The fraction of sp³-hybridized carbons (Fsp3) is 0.579. The van der Waals surface area contributed by atoms with Crippen LogP contribution in [-0.4, -0.2) is 74.2 Å². The molecule has 7 nitrogen and oxygen atoms in total. The quantitative estimate of drug-likeness (QED) is 0.565. The molecule has 0 spiro atoms. The SMILES string of the molecule is CCNC(=NCc1cccc(OCC(F)F)c1)N1CCN(C(=O)OCC)CC1. The molecule has 0 unspecified atom stereocenters. The van der Waals surface area contributed by atoms with Crippen LogP contribution in [-0.2, 0) is 11.3 Å². The van der Waals surface area contributed by atoms with Gasteiger partial charge in [0.2, 0.25) is 0 Å². The van der Waals surface area contributed by atoms with E-state index in [-0.39, 0.29) is 6.09 Å². The van der Waals surface area contributed by atoms with Crippen molar-refractivity contribution in [3.63, 3.8) is 0 Å². The molecular formula is C19H28F2N4O3. The summed E-state index contributed by atoms with van der Waals surface area (Å²) in [5.74, 6) is 1.16. The zero-order valence-corrected chi connectivity index (χ0v) is 16.4. The number of nitrogens with one attached hydrogen (secondary N) is 1. The van der Waals surface area contributed by atoms with Crippen molar-refractivity contribution in [3.8, 4) is 5.75 Å². The Kier molecular flexibility index (Phi) is 8.77. The van der Waals surface area contributed by atoms with Crippen molar-refractivity contribution < 1.29 is 23.0 Å². The number of benzene rings is 1. The highest BCUT2D eigenvalue weighted by Crippen LogP contribution is 2.15. The molecule has 0 radical (unpaired) electrons. The molecule has 1 aliphatic heterocycles. The van der Waals surface area contributed by atoms with E-state index in [1.54, 1.807) is 30.0 Å². The smallest absolute Gasteiger partial charge is 0.409 e. The second kappa shape index (κ2) is 11.3. The van der Waals surface area contributed by atoms with Gasteiger partial charge in [-0.25, -0.2) is 18.6 Å². The molecule has 1 saturated heterocycles. The maximum absolute atomic E-state index is 12.3. The molecule has 0 aromatic heterocycles. The highest BCUT2D eigenvalue weighted by atomic mass is 19.3. The lowest BCUT2D eigenvalue weighted by Gasteiger charge is -2.35. The molecular weight excluding hydrogens is 370 g/mol. The van der Waals surface area contributed by atoms with Gasteiger partial charge in [-0.05, 0) is 31.5 Å². The van der Waals surface area contributed by atoms with Gasteiger partial charge in [0.25, 0.3) is 6.43 Å². The third-order valence-corrected chi connectivity index (χ3v) is 4.13. The molecule has 1 heterocycles. The number of nitrogens with zero attached hydrogens (tertiary/aromatic N) is 3. The molecule has 28 heavy (non-hydrogen) atoms. The number of amides is 1. The van der Waals surface area contributed by atoms with E-state index in [9.17, 15) is 13.6 Å². The first-order valence-electron chi connectivity index (χ1n) is 9.48. The van der Waals surface area contributed by atoms with E-state index in [0.29, 0.717) is 51.6 Å². The molecule has 1 N–H and O–H groups in total. The van der Waals surface area contributed by atoms with Gasteiger partial charge in [0.05, 0.1) is 13.2 Å². The Morgan fingerprint density at radius 2 is 1.93 bits per heavy atom. The Hall–Kier alpha value is -2.58. The summed E-state index contributed by atoms with van der Waals surface area (Å²) in [4.78, 5) is 20.2. The molecule has 1 aromatic rings. The normalized spacial score (nSPS) is 15.0. The maximum Gasteiger partial charge on any atom is 0.409 e. The summed E-state index contributed by atoms with van der Waals surface area (Å²) in [5, 5.41) is 3.26. The van der Waals surface area contributed by atoms with E-state index in [1.807, 2.05) is 13.0 Å². The largest absolute Gasteiger partial charge is 0.488 e. The number of alkyl halides is 2. The van der Waals surface area contributed by atoms with Crippen molar-refractivity contribution in [1.29, 1.82) is 0 Å². The Labute approximate surface area is 164 Å². The Morgan fingerprint density at radius 1 is 1.21 bits per heavy atom. The second-order valence-corrected chi connectivity index (χ2v) is 6.19. The Bertz CT molecular complexity index is 650. The third kappa shape index (κ3) is 6.86. The van der Waals surface area contributed by atoms with Gasteiger partial charge in [0.15, 0.2) is 5.96 Å². The summed E-state index contributed by atoms with van der Waals surface area (Å²) in [5.41, 5.74) is 0.868. The lowest BCUT2D eigenvalue weighted by Crippen LogP contribution is -2.53.